The molecule has 1 aromatic carbocycles. The first-order valence-corrected chi connectivity index (χ1v) is 6.30. The van der Waals surface area contributed by atoms with E-state index in [0.717, 1.165) is 24.1 Å². The number of ether oxygens (including phenoxy) is 1. The molecule has 1 atom stereocenters. The molecule has 0 saturated carbocycles. The Morgan fingerprint density at radius 2 is 2.28 bits per heavy atom. The van der Waals surface area contributed by atoms with Crippen LogP contribution in [0.4, 0.5) is 5.69 Å². The zero-order valence-electron chi connectivity index (χ0n) is 11.1. The lowest BCUT2D eigenvalue weighted by Crippen LogP contribution is -2.29. The molecule has 18 heavy (non-hydrogen) atoms. The van der Waals surface area contributed by atoms with Crippen LogP contribution >= 0.6 is 0 Å². The van der Waals surface area contributed by atoms with Crippen LogP contribution in [0.3, 0.4) is 0 Å². The van der Waals surface area contributed by atoms with Crippen LogP contribution < -0.4 is 11.1 Å². The number of rotatable bonds is 7. The predicted octanol–water partition coefficient (Wildman–Crippen LogP) is 2.15. The summed E-state index contributed by atoms with van der Waals surface area (Å²) in [5, 5.41) is 2.90. The largest absolute Gasteiger partial charge is 0.380 e. The van der Waals surface area contributed by atoms with Crippen molar-refractivity contribution in [2.75, 3.05) is 19.0 Å². The minimum absolute atomic E-state index is 0.00563. The number of benzene rings is 1. The van der Waals surface area contributed by atoms with E-state index in [1.807, 2.05) is 24.3 Å². The monoisotopic (exact) mass is 250 g/mol. The van der Waals surface area contributed by atoms with Crippen molar-refractivity contribution in [2.24, 2.45) is 11.7 Å². The fourth-order valence-corrected chi connectivity index (χ4v) is 1.85. The summed E-state index contributed by atoms with van der Waals surface area (Å²) in [4.78, 5) is 12.0. The van der Waals surface area contributed by atoms with Crippen molar-refractivity contribution in [1.82, 2.24) is 0 Å². The molecular weight excluding hydrogens is 228 g/mol. The summed E-state index contributed by atoms with van der Waals surface area (Å²) >= 11 is 0. The lowest BCUT2D eigenvalue weighted by Gasteiger charge is -2.14. The van der Waals surface area contributed by atoms with E-state index < -0.39 is 0 Å². The van der Waals surface area contributed by atoms with Crippen molar-refractivity contribution in [2.45, 2.75) is 26.4 Å². The molecule has 1 aromatic rings. The Kier molecular flexibility index (Phi) is 6.39. The van der Waals surface area contributed by atoms with Crippen molar-refractivity contribution in [3.05, 3.63) is 29.8 Å². The Morgan fingerprint density at radius 1 is 1.50 bits per heavy atom. The molecule has 1 unspecified atom stereocenters. The molecule has 1 rings (SSSR count). The van der Waals surface area contributed by atoms with E-state index in [0.29, 0.717) is 13.2 Å². The summed E-state index contributed by atoms with van der Waals surface area (Å²) in [5.41, 5.74) is 7.44. The van der Waals surface area contributed by atoms with E-state index in [9.17, 15) is 4.79 Å². The second-order valence-electron chi connectivity index (χ2n) is 4.34. The highest BCUT2D eigenvalue weighted by Gasteiger charge is 2.15. The summed E-state index contributed by atoms with van der Waals surface area (Å²) in [5.74, 6) is -0.116. The molecule has 0 saturated heterocycles. The first-order valence-electron chi connectivity index (χ1n) is 6.30. The van der Waals surface area contributed by atoms with Gasteiger partial charge in [0.25, 0.3) is 0 Å². The Hall–Kier alpha value is -1.39. The van der Waals surface area contributed by atoms with E-state index in [1.165, 1.54) is 0 Å². The number of nitrogens with one attached hydrogen (secondary N) is 1. The van der Waals surface area contributed by atoms with Crippen molar-refractivity contribution in [3.63, 3.8) is 0 Å². The van der Waals surface area contributed by atoms with E-state index in [-0.39, 0.29) is 11.8 Å². The molecule has 0 aromatic heterocycles. The highest BCUT2D eigenvalue weighted by Crippen LogP contribution is 2.14. The normalized spacial score (nSPS) is 12.2. The van der Waals surface area contributed by atoms with Gasteiger partial charge in [-0.1, -0.05) is 25.5 Å². The summed E-state index contributed by atoms with van der Waals surface area (Å²) in [7, 11) is 1.65. The summed E-state index contributed by atoms with van der Waals surface area (Å²) in [6.07, 6.45) is 1.78. The average molecular weight is 250 g/mol. The third-order valence-corrected chi connectivity index (χ3v) is 2.80. The zero-order valence-corrected chi connectivity index (χ0v) is 11.1. The van der Waals surface area contributed by atoms with Gasteiger partial charge in [-0.25, -0.2) is 0 Å². The van der Waals surface area contributed by atoms with E-state index in [4.69, 9.17) is 10.5 Å². The van der Waals surface area contributed by atoms with Gasteiger partial charge in [0.15, 0.2) is 0 Å². The number of hydrogen-bond donors (Lipinski definition) is 2. The third-order valence-electron chi connectivity index (χ3n) is 2.80. The molecule has 4 nitrogen and oxygen atoms in total. The van der Waals surface area contributed by atoms with Crippen LogP contribution in [0.2, 0.25) is 0 Å². The number of methoxy groups -OCH3 is 1. The number of carbonyl (C=O) groups is 1. The van der Waals surface area contributed by atoms with Crippen molar-refractivity contribution in [1.29, 1.82) is 0 Å². The quantitative estimate of drug-likeness (QED) is 0.779. The maximum absolute atomic E-state index is 12.0. The average Bonchev–Trinajstić information content (AvgIpc) is 2.36. The molecule has 0 aliphatic carbocycles. The molecule has 0 bridgehead atoms. The second-order valence-corrected chi connectivity index (χ2v) is 4.34. The topological polar surface area (TPSA) is 64.4 Å². The first kappa shape index (κ1) is 14.7. The smallest absolute Gasteiger partial charge is 0.228 e. The molecule has 4 heteroatoms. The number of anilines is 1. The van der Waals surface area contributed by atoms with Crippen molar-refractivity contribution in [3.8, 4) is 0 Å². The Bertz CT molecular complexity index is 380. The predicted molar refractivity (Wildman–Crippen MR) is 73.2 cm³/mol. The van der Waals surface area contributed by atoms with Gasteiger partial charge in [-0.2, -0.15) is 0 Å². The third kappa shape index (κ3) is 4.47. The molecular formula is C14H22N2O2. The SMILES string of the molecule is CCCC(CN)C(=O)Nc1cccc(COC)c1. The summed E-state index contributed by atoms with van der Waals surface area (Å²) < 4.78 is 5.06. The van der Waals surface area contributed by atoms with Crippen molar-refractivity contribution >= 4 is 11.6 Å². The minimum atomic E-state index is -0.110. The van der Waals surface area contributed by atoms with Gasteiger partial charge in [0.1, 0.15) is 0 Å². The van der Waals surface area contributed by atoms with Gasteiger partial charge >= 0.3 is 0 Å². The number of nitrogens with two attached hydrogens (primary N) is 1. The number of amides is 1. The molecule has 3 N–H and O–H groups in total. The van der Waals surface area contributed by atoms with E-state index >= 15 is 0 Å². The minimum Gasteiger partial charge on any atom is -0.380 e. The molecule has 0 aliphatic rings. The number of hydrogen-bond acceptors (Lipinski definition) is 3. The van der Waals surface area contributed by atoms with Crippen molar-refractivity contribution < 1.29 is 9.53 Å². The Morgan fingerprint density at radius 3 is 2.89 bits per heavy atom. The molecule has 0 radical (unpaired) electrons. The maximum atomic E-state index is 12.0. The van der Waals surface area contributed by atoms with Gasteiger partial charge in [0.05, 0.1) is 12.5 Å². The lowest BCUT2D eigenvalue weighted by molar-refractivity contribution is -0.119. The van der Waals surface area contributed by atoms with Gasteiger partial charge in [-0.3, -0.25) is 4.79 Å². The molecule has 0 spiro atoms. The standard InChI is InChI=1S/C14H22N2O2/c1-3-5-12(9-15)14(17)16-13-7-4-6-11(8-13)10-18-2/h4,6-8,12H,3,5,9-10,15H2,1-2H3,(H,16,17). The van der Waals surface area contributed by atoms with Crippen LogP contribution in [0.15, 0.2) is 24.3 Å². The fraction of sp³-hybridized carbons (Fsp3) is 0.500. The van der Waals surface area contributed by atoms with Crippen LogP contribution in [-0.4, -0.2) is 19.6 Å². The van der Waals surface area contributed by atoms with Gasteiger partial charge in [0.2, 0.25) is 5.91 Å². The van der Waals surface area contributed by atoms with Gasteiger partial charge in [0, 0.05) is 19.3 Å². The van der Waals surface area contributed by atoms with Gasteiger partial charge in [-0.05, 0) is 24.1 Å². The van der Waals surface area contributed by atoms with Crippen LogP contribution in [0.5, 0.6) is 0 Å². The van der Waals surface area contributed by atoms with Crippen LogP contribution in [-0.2, 0) is 16.1 Å². The molecule has 100 valence electrons. The highest BCUT2D eigenvalue weighted by molar-refractivity contribution is 5.92. The first-order chi connectivity index (χ1) is 8.71. The Labute approximate surface area is 109 Å². The lowest BCUT2D eigenvalue weighted by atomic mass is 10.0. The van der Waals surface area contributed by atoms with Crippen LogP contribution in [0.1, 0.15) is 25.3 Å². The Balaban J connectivity index is 2.65. The van der Waals surface area contributed by atoms with E-state index in [2.05, 4.69) is 12.2 Å². The molecule has 0 fully saturated rings. The summed E-state index contributed by atoms with van der Waals surface area (Å²) in [6, 6.07) is 7.66. The molecule has 0 heterocycles. The molecule has 0 aliphatic heterocycles. The number of carbonyl (C=O) groups excluding carboxylic acids is 1. The highest BCUT2D eigenvalue weighted by atomic mass is 16.5. The maximum Gasteiger partial charge on any atom is 0.228 e. The second kappa shape index (κ2) is 7.84. The van der Waals surface area contributed by atoms with Gasteiger partial charge in [-0.15, -0.1) is 0 Å². The van der Waals surface area contributed by atoms with E-state index in [1.54, 1.807) is 7.11 Å². The zero-order chi connectivity index (χ0) is 13.4. The fourth-order valence-electron chi connectivity index (χ4n) is 1.85. The van der Waals surface area contributed by atoms with Gasteiger partial charge < -0.3 is 15.8 Å². The van der Waals surface area contributed by atoms with Crippen LogP contribution in [0.25, 0.3) is 0 Å². The van der Waals surface area contributed by atoms with Crippen LogP contribution in [0, 0.1) is 5.92 Å². The molecule has 1 amide bonds. The summed E-state index contributed by atoms with van der Waals surface area (Å²) in [6.45, 7) is 2.98.